The standard InChI is InChI=1S/C27H21F2N3O4S2/c1-15-22(24(33)31-17-7-4-3-5-8-17)23(20-9-6-12-37-20)32-25(34)21(38-27(32)30-15)14-16-10-11-18(36-26(28)29)19(13-16)35-2/h3-14,23,26H,1-2H3,(H,31,33)/b21-14+/t23-/m1/s1. The number of allylic oxidation sites excluding steroid dienone is 1. The van der Waals surface area contributed by atoms with Crippen LogP contribution in [0, 0.1) is 0 Å². The molecule has 11 heteroatoms. The van der Waals surface area contributed by atoms with Gasteiger partial charge in [-0.15, -0.1) is 11.3 Å². The first-order valence-electron chi connectivity index (χ1n) is 11.4. The van der Waals surface area contributed by atoms with Crippen molar-refractivity contribution < 1.29 is 23.0 Å². The fraction of sp³-hybridized carbons (Fsp3) is 0.148. The number of hydrogen-bond donors (Lipinski definition) is 1. The van der Waals surface area contributed by atoms with Crippen LogP contribution in [0.4, 0.5) is 14.5 Å². The van der Waals surface area contributed by atoms with Gasteiger partial charge in [0.05, 0.1) is 22.9 Å². The fourth-order valence-electron chi connectivity index (χ4n) is 4.17. The first-order chi connectivity index (χ1) is 18.4. The van der Waals surface area contributed by atoms with Gasteiger partial charge in [-0.25, -0.2) is 4.99 Å². The minimum Gasteiger partial charge on any atom is -0.493 e. The third-order valence-electron chi connectivity index (χ3n) is 5.81. The number of hydrogen-bond acceptors (Lipinski definition) is 7. The molecule has 0 radical (unpaired) electrons. The summed E-state index contributed by atoms with van der Waals surface area (Å²) in [4.78, 5) is 33.0. The van der Waals surface area contributed by atoms with Crippen molar-refractivity contribution in [3.05, 3.63) is 107 Å². The largest absolute Gasteiger partial charge is 0.493 e. The Balaban J connectivity index is 1.60. The summed E-state index contributed by atoms with van der Waals surface area (Å²) >= 11 is 2.63. The van der Waals surface area contributed by atoms with Crippen LogP contribution in [0.1, 0.15) is 23.4 Å². The van der Waals surface area contributed by atoms with Crippen LogP contribution in [0.5, 0.6) is 11.5 Å². The molecule has 0 spiro atoms. The maximum Gasteiger partial charge on any atom is 0.387 e. The molecule has 1 N–H and O–H groups in total. The maximum absolute atomic E-state index is 13.7. The van der Waals surface area contributed by atoms with Crippen molar-refractivity contribution in [2.45, 2.75) is 19.6 Å². The number of amides is 1. The second kappa shape index (κ2) is 10.7. The number of thiazole rings is 1. The van der Waals surface area contributed by atoms with Crippen LogP contribution < -0.4 is 29.7 Å². The summed E-state index contributed by atoms with van der Waals surface area (Å²) in [7, 11) is 1.34. The number of thiophene rings is 1. The lowest BCUT2D eigenvalue weighted by atomic mass is 10.0. The Labute approximate surface area is 223 Å². The van der Waals surface area contributed by atoms with Crippen molar-refractivity contribution in [1.82, 2.24) is 4.57 Å². The molecule has 1 aliphatic rings. The molecular formula is C27H21F2N3O4S2. The van der Waals surface area contributed by atoms with Crippen molar-refractivity contribution in [3.63, 3.8) is 0 Å². The zero-order chi connectivity index (χ0) is 26.8. The molecule has 0 unspecified atom stereocenters. The fourth-order valence-corrected chi connectivity index (χ4v) is 6.04. The van der Waals surface area contributed by atoms with E-state index < -0.39 is 12.7 Å². The van der Waals surface area contributed by atoms with Gasteiger partial charge in [0.25, 0.3) is 11.5 Å². The average Bonchev–Trinajstić information content (AvgIpc) is 3.53. The van der Waals surface area contributed by atoms with Gasteiger partial charge in [-0.05, 0) is 54.3 Å². The van der Waals surface area contributed by atoms with E-state index in [1.165, 1.54) is 46.5 Å². The van der Waals surface area contributed by atoms with Gasteiger partial charge in [-0.3, -0.25) is 14.2 Å². The van der Waals surface area contributed by atoms with Crippen LogP contribution in [0.3, 0.4) is 0 Å². The number of nitrogens with one attached hydrogen (secondary N) is 1. The highest BCUT2D eigenvalue weighted by Crippen LogP contribution is 2.33. The number of para-hydroxylation sites is 1. The summed E-state index contributed by atoms with van der Waals surface area (Å²) in [5.74, 6) is -0.341. The predicted octanol–water partition coefficient (Wildman–Crippen LogP) is 4.55. The van der Waals surface area contributed by atoms with E-state index in [1.54, 1.807) is 31.2 Å². The molecule has 0 bridgehead atoms. The van der Waals surface area contributed by atoms with Crippen LogP contribution in [0.15, 0.2) is 87.1 Å². The van der Waals surface area contributed by atoms with Gasteiger partial charge < -0.3 is 14.8 Å². The first-order valence-corrected chi connectivity index (χ1v) is 13.1. The lowest BCUT2D eigenvalue weighted by molar-refractivity contribution is -0.113. The molecule has 2 aromatic carbocycles. The van der Waals surface area contributed by atoms with Crippen molar-refractivity contribution in [1.29, 1.82) is 0 Å². The molecule has 5 rings (SSSR count). The quantitative estimate of drug-likeness (QED) is 0.364. The molecule has 7 nitrogen and oxygen atoms in total. The Morgan fingerprint density at radius 2 is 1.92 bits per heavy atom. The number of aromatic nitrogens is 1. The van der Waals surface area contributed by atoms with Gasteiger partial charge in [0, 0.05) is 10.6 Å². The second-order valence-corrected chi connectivity index (χ2v) is 10.2. The van der Waals surface area contributed by atoms with Crippen molar-refractivity contribution >= 4 is 40.3 Å². The molecule has 0 aliphatic carbocycles. The Kier molecular flexibility index (Phi) is 7.21. The van der Waals surface area contributed by atoms with Gasteiger partial charge in [0.15, 0.2) is 16.3 Å². The van der Waals surface area contributed by atoms with Crippen LogP contribution in [0.25, 0.3) is 6.08 Å². The SMILES string of the molecule is COc1cc(/C=c2/sc3n(c2=O)[C@H](c2cccs2)C(C(=O)Nc2ccccc2)=C(C)N=3)ccc1OC(F)F. The number of fused-ring (bicyclic) bond motifs is 1. The molecule has 1 atom stereocenters. The number of alkyl halides is 2. The van der Waals surface area contributed by atoms with Crippen LogP contribution in [-0.2, 0) is 4.79 Å². The van der Waals surface area contributed by atoms with Gasteiger partial charge in [0.1, 0.15) is 6.04 Å². The van der Waals surface area contributed by atoms with Crippen LogP contribution in [-0.4, -0.2) is 24.2 Å². The summed E-state index contributed by atoms with van der Waals surface area (Å²) < 4.78 is 36.9. The molecule has 0 fully saturated rings. The highest BCUT2D eigenvalue weighted by Gasteiger charge is 2.33. The number of rotatable bonds is 7. The molecule has 0 saturated heterocycles. The minimum absolute atomic E-state index is 0.108. The second-order valence-electron chi connectivity index (χ2n) is 8.21. The number of benzene rings is 2. The molecule has 2 aromatic heterocycles. The lowest BCUT2D eigenvalue weighted by Gasteiger charge is -2.24. The van der Waals surface area contributed by atoms with E-state index in [4.69, 9.17) is 4.74 Å². The van der Waals surface area contributed by atoms with Gasteiger partial charge in [-0.2, -0.15) is 8.78 Å². The number of halogens is 2. The monoisotopic (exact) mass is 553 g/mol. The van der Waals surface area contributed by atoms with E-state index >= 15 is 0 Å². The van der Waals surface area contributed by atoms with E-state index in [2.05, 4.69) is 15.0 Å². The van der Waals surface area contributed by atoms with E-state index in [9.17, 15) is 18.4 Å². The Hall–Kier alpha value is -4.09. The Morgan fingerprint density at radius 1 is 1.13 bits per heavy atom. The van der Waals surface area contributed by atoms with Crippen LogP contribution in [0.2, 0.25) is 0 Å². The zero-order valence-electron chi connectivity index (χ0n) is 20.2. The topological polar surface area (TPSA) is 81.9 Å². The summed E-state index contributed by atoms with van der Waals surface area (Å²) in [5.41, 5.74) is 1.76. The Morgan fingerprint density at radius 3 is 2.61 bits per heavy atom. The van der Waals surface area contributed by atoms with E-state index in [-0.39, 0.29) is 23.0 Å². The highest BCUT2D eigenvalue weighted by atomic mass is 32.1. The number of nitrogens with zero attached hydrogens (tertiary/aromatic N) is 2. The van der Waals surface area contributed by atoms with E-state index in [0.29, 0.717) is 31.9 Å². The molecule has 4 aromatic rings. The lowest BCUT2D eigenvalue weighted by Crippen LogP contribution is -2.40. The van der Waals surface area contributed by atoms with Crippen molar-refractivity contribution in [2.75, 3.05) is 12.4 Å². The van der Waals surface area contributed by atoms with Crippen molar-refractivity contribution in [2.24, 2.45) is 4.99 Å². The average molecular weight is 554 g/mol. The minimum atomic E-state index is -2.99. The summed E-state index contributed by atoms with van der Waals surface area (Å²) in [5, 5.41) is 4.80. The molecule has 38 heavy (non-hydrogen) atoms. The number of carbonyl (C=O) groups is 1. The van der Waals surface area contributed by atoms with Crippen molar-refractivity contribution in [3.8, 4) is 11.5 Å². The molecule has 1 aliphatic heterocycles. The number of ether oxygens (including phenoxy) is 2. The predicted molar refractivity (Wildman–Crippen MR) is 143 cm³/mol. The van der Waals surface area contributed by atoms with Gasteiger partial charge >= 0.3 is 6.61 Å². The zero-order valence-corrected chi connectivity index (χ0v) is 21.8. The maximum atomic E-state index is 13.7. The third kappa shape index (κ3) is 5.02. The van der Waals surface area contributed by atoms with Gasteiger partial charge in [0.2, 0.25) is 0 Å². The molecule has 194 valence electrons. The normalized spacial score (nSPS) is 15.3. The Bertz CT molecular complexity index is 1690. The highest BCUT2D eigenvalue weighted by molar-refractivity contribution is 7.10. The summed E-state index contributed by atoms with van der Waals surface area (Å²) in [6.07, 6.45) is 1.63. The molecule has 3 heterocycles. The summed E-state index contributed by atoms with van der Waals surface area (Å²) in [6, 6.07) is 16.6. The molecular weight excluding hydrogens is 532 g/mol. The van der Waals surface area contributed by atoms with E-state index in [0.717, 1.165) is 4.88 Å². The third-order valence-corrected chi connectivity index (χ3v) is 7.72. The summed E-state index contributed by atoms with van der Waals surface area (Å²) in [6.45, 7) is -1.24. The van der Waals surface area contributed by atoms with E-state index in [1.807, 2.05) is 35.7 Å². The number of methoxy groups -OCH3 is 1. The van der Waals surface area contributed by atoms with Gasteiger partial charge in [-0.1, -0.05) is 41.7 Å². The number of anilines is 1. The number of carbonyl (C=O) groups excluding carboxylic acids is 1. The molecule has 1 amide bonds. The smallest absolute Gasteiger partial charge is 0.387 e. The molecule has 0 saturated carbocycles. The van der Waals surface area contributed by atoms with Crippen LogP contribution >= 0.6 is 22.7 Å². The first kappa shape index (κ1) is 25.6.